The van der Waals surface area contributed by atoms with Crippen LogP contribution in [0.25, 0.3) is 0 Å². The van der Waals surface area contributed by atoms with Crippen molar-refractivity contribution in [2.45, 2.75) is 32.8 Å². The van der Waals surface area contributed by atoms with Crippen LogP contribution in [0.2, 0.25) is 0 Å². The van der Waals surface area contributed by atoms with Gasteiger partial charge in [-0.05, 0) is 44.9 Å². The molecule has 0 bridgehead atoms. The maximum absolute atomic E-state index is 13.2. The fraction of sp³-hybridized carbons (Fsp3) is 0.500. The summed E-state index contributed by atoms with van der Waals surface area (Å²) in [5, 5.41) is 2.64. The number of halogens is 1. The Hall–Kier alpha value is -1.78. The maximum Gasteiger partial charge on any atom is 0.407 e. The fourth-order valence-electron chi connectivity index (χ4n) is 1.48. The van der Waals surface area contributed by atoms with Gasteiger partial charge in [-0.1, -0.05) is 6.07 Å². The summed E-state index contributed by atoms with van der Waals surface area (Å²) in [6.45, 7) is 5.83. The molecule has 0 atom stereocenters. The zero-order valence-electron chi connectivity index (χ0n) is 11.7. The van der Waals surface area contributed by atoms with E-state index in [0.717, 1.165) is 5.56 Å². The van der Waals surface area contributed by atoms with Gasteiger partial charge in [0.2, 0.25) is 0 Å². The summed E-state index contributed by atoms with van der Waals surface area (Å²) in [5.74, 6) is -0.193. The first kappa shape index (κ1) is 15.3. The van der Waals surface area contributed by atoms with E-state index >= 15 is 0 Å². The monoisotopic (exact) mass is 269 g/mol. The van der Waals surface area contributed by atoms with Crippen LogP contribution >= 0.6 is 0 Å². The van der Waals surface area contributed by atoms with E-state index in [1.807, 2.05) is 0 Å². The molecule has 0 fully saturated rings. The Labute approximate surface area is 112 Å². The number of methoxy groups -OCH3 is 1. The molecule has 0 saturated heterocycles. The Morgan fingerprint density at radius 3 is 2.63 bits per heavy atom. The van der Waals surface area contributed by atoms with Crippen LogP contribution in [0.5, 0.6) is 5.75 Å². The van der Waals surface area contributed by atoms with E-state index in [-0.39, 0.29) is 5.75 Å². The number of hydrogen-bond acceptors (Lipinski definition) is 3. The molecular weight excluding hydrogens is 249 g/mol. The minimum absolute atomic E-state index is 0.203. The maximum atomic E-state index is 13.2. The van der Waals surface area contributed by atoms with Crippen molar-refractivity contribution in [3.63, 3.8) is 0 Å². The summed E-state index contributed by atoms with van der Waals surface area (Å²) >= 11 is 0. The lowest BCUT2D eigenvalue weighted by Crippen LogP contribution is -2.33. The molecular formula is C14H20FNO3. The van der Waals surface area contributed by atoms with Gasteiger partial charge in [0, 0.05) is 6.54 Å². The zero-order chi connectivity index (χ0) is 14.5. The Morgan fingerprint density at radius 1 is 1.37 bits per heavy atom. The van der Waals surface area contributed by atoms with E-state index in [9.17, 15) is 9.18 Å². The van der Waals surface area contributed by atoms with Gasteiger partial charge in [0.15, 0.2) is 11.6 Å². The number of alkyl carbamates (subject to hydrolysis) is 1. The quantitative estimate of drug-likeness (QED) is 0.914. The highest BCUT2D eigenvalue weighted by atomic mass is 19.1. The molecule has 0 aromatic heterocycles. The second-order valence-corrected chi connectivity index (χ2v) is 5.15. The molecule has 19 heavy (non-hydrogen) atoms. The van der Waals surface area contributed by atoms with Crippen molar-refractivity contribution in [1.82, 2.24) is 5.32 Å². The Kier molecular flexibility index (Phi) is 5.15. The predicted octanol–water partition coefficient (Wildman–Crippen LogP) is 2.90. The molecule has 1 aromatic carbocycles. The second-order valence-electron chi connectivity index (χ2n) is 5.15. The largest absolute Gasteiger partial charge is 0.494 e. The highest BCUT2D eigenvalue weighted by Crippen LogP contribution is 2.18. The summed E-state index contributed by atoms with van der Waals surface area (Å²) in [6.07, 6.45) is 0.122. The van der Waals surface area contributed by atoms with Crippen molar-refractivity contribution < 1.29 is 18.7 Å². The number of amides is 1. The van der Waals surface area contributed by atoms with Crippen molar-refractivity contribution in [2.24, 2.45) is 0 Å². The number of carbonyl (C=O) groups excluding carboxylic acids is 1. The summed E-state index contributed by atoms with van der Waals surface area (Å²) in [5.41, 5.74) is 0.373. The van der Waals surface area contributed by atoms with Crippen LogP contribution in [0.4, 0.5) is 9.18 Å². The summed E-state index contributed by atoms with van der Waals surface area (Å²) in [6, 6.07) is 4.63. The molecule has 0 heterocycles. The van der Waals surface area contributed by atoms with Crippen LogP contribution in [0, 0.1) is 5.82 Å². The first-order chi connectivity index (χ1) is 8.81. The van der Waals surface area contributed by atoms with Crippen LogP contribution in [-0.2, 0) is 11.2 Å². The summed E-state index contributed by atoms with van der Waals surface area (Å²) in [4.78, 5) is 11.4. The van der Waals surface area contributed by atoms with Gasteiger partial charge in [0.05, 0.1) is 7.11 Å². The number of rotatable bonds is 4. The molecule has 0 radical (unpaired) electrons. The van der Waals surface area contributed by atoms with Crippen LogP contribution < -0.4 is 10.1 Å². The topological polar surface area (TPSA) is 47.6 Å². The second kappa shape index (κ2) is 6.41. The normalized spacial score (nSPS) is 11.0. The molecule has 4 nitrogen and oxygen atoms in total. The molecule has 106 valence electrons. The average molecular weight is 269 g/mol. The van der Waals surface area contributed by atoms with E-state index in [4.69, 9.17) is 9.47 Å². The molecule has 0 spiro atoms. The number of benzene rings is 1. The highest BCUT2D eigenvalue weighted by molar-refractivity contribution is 5.67. The minimum atomic E-state index is -0.511. The van der Waals surface area contributed by atoms with Gasteiger partial charge < -0.3 is 14.8 Å². The molecule has 0 aliphatic carbocycles. The van der Waals surface area contributed by atoms with Gasteiger partial charge in [-0.15, -0.1) is 0 Å². The summed E-state index contributed by atoms with van der Waals surface area (Å²) in [7, 11) is 1.42. The smallest absolute Gasteiger partial charge is 0.407 e. The fourth-order valence-corrected chi connectivity index (χ4v) is 1.48. The summed E-state index contributed by atoms with van der Waals surface area (Å²) < 4.78 is 23.2. The van der Waals surface area contributed by atoms with Crippen LogP contribution in [0.15, 0.2) is 18.2 Å². The molecule has 1 aromatic rings. The van der Waals surface area contributed by atoms with Gasteiger partial charge in [-0.25, -0.2) is 9.18 Å². The lowest BCUT2D eigenvalue weighted by atomic mass is 10.1. The molecule has 0 aliphatic heterocycles. The van der Waals surface area contributed by atoms with Gasteiger partial charge in [0.1, 0.15) is 5.60 Å². The van der Waals surface area contributed by atoms with Crippen molar-refractivity contribution in [2.75, 3.05) is 13.7 Å². The Bertz CT molecular complexity index is 441. The first-order valence-corrected chi connectivity index (χ1v) is 6.11. The van der Waals surface area contributed by atoms with Crippen LogP contribution in [0.3, 0.4) is 0 Å². The number of carbonyl (C=O) groups is 1. The van der Waals surface area contributed by atoms with Gasteiger partial charge in [0.25, 0.3) is 0 Å². The minimum Gasteiger partial charge on any atom is -0.494 e. The molecule has 1 N–H and O–H groups in total. The van der Waals surface area contributed by atoms with Gasteiger partial charge >= 0.3 is 6.09 Å². The molecule has 0 saturated carbocycles. The van der Waals surface area contributed by atoms with Crippen molar-refractivity contribution in [3.05, 3.63) is 29.6 Å². The lowest BCUT2D eigenvalue weighted by molar-refractivity contribution is 0.0528. The predicted molar refractivity (Wildman–Crippen MR) is 70.9 cm³/mol. The number of hydrogen-bond donors (Lipinski definition) is 1. The molecule has 5 heteroatoms. The number of ether oxygens (including phenoxy) is 2. The molecule has 1 amide bonds. The Morgan fingerprint density at radius 2 is 2.05 bits per heavy atom. The van der Waals surface area contributed by atoms with Gasteiger partial charge in [-0.3, -0.25) is 0 Å². The van der Waals surface area contributed by atoms with E-state index in [1.54, 1.807) is 32.9 Å². The zero-order valence-corrected chi connectivity index (χ0v) is 11.7. The third-order valence-electron chi connectivity index (χ3n) is 2.30. The van der Waals surface area contributed by atoms with Crippen molar-refractivity contribution in [1.29, 1.82) is 0 Å². The number of nitrogens with one attached hydrogen (secondary N) is 1. The van der Waals surface area contributed by atoms with E-state index < -0.39 is 17.5 Å². The Balaban J connectivity index is 2.43. The van der Waals surface area contributed by atoms with Crippen molar-refractivity contribution >= 4 is 6.09 Å². The lowest BCUT2D eigenvalue weighted by Gasteiger charge is -2.19. The standard InChI is InChI=1S/C14H20FNO3/c1-14(2,3)19-13(17)16-8-7-10-5-6-11(15)12(9-10)18-4/h5-6,9H,7-8H2,1-4H3,(H,16,17). The van der Waals surface area contributed by atoms with Gasteiger partial charge in [-0.2, -0.15) is 0 Å². The first-order valence-electron chi connectivity index (χ1n) is 6.11. The molecule has 0 unspecified atom stereocenters. The van der Waals surface area contributed by atoms with E-state index in [1.165, 1.54) is 13.2 Å². The third kappa shape index (κ3) is 5.59. The average Bonchev–Trinajstić information content (AvgIpc) is 2.29. The SMILES string of the molecule is COc1cc(CCNC(=O)OC(C)(C)C)ccc1F. The van der Waals surface area contributed by atoms with Crippen molar-refractivity contribution in [3.8, 4) is 5.75 Å². The van der Waals surface area contributed by atoms with E-state index in [0.29, 0.717) is 13.0 Å². The highest BCUT2D eigenvalue weighted by Gasteiger charge is 2.15. The molecule has 0 aliphatic rings. The van der Waals surface area contributed by atoms with Crippen LogP contribution in [-0.4, -0.2) is 25.3 Å². The third-order valence-corrected chi connectivity index (χ3v) is 2.30. The molecule has 1 rings (SSSR count). The van der Waals surface area contributed by atoms with Crippen LogP contribution in [0.1, 0.15) is 26.3 Å². The van der Waals surface area contributed by atoms with E-state index in [2.05, 4.69) is 5.32 Å².